The highest BCUT2D eigenvalue weighted by molar-refractivity contribution is 7.87. The Morgan fingerprint density at radius 1 is 1.04 bits per heavy atom. The van der Waals surface area contributed by atoms with Crippen LogP contribution in [0.15, 0.2) is 47.4 Å². The van der Waals surface area contributed by atoms with Crippen LogP contribution in [-0.4, -0.2) is 15.0 Å². The molecule has 0 aromatic heterocycles. The van der Waals surface area contributed by atoms with Crippen LogP contribution in [0.3, 0.4) is 0 Å². The number of benzene rings is 2. The van der Waals surface area contributed by atoms with E-state index in [1.165, 1.54) is 30.3 Å². The average molecular weight is 359 g/mol. The molecule has 0 unspecified atom stereocenters. The van der Waals surface area contributed by atoms with Gasteiger partial charge in [-0.05, 0) is 42.2 Å². The summed E-state index contributed by atoms with van der Waals surface area (Å²) in [6.45, 7) is 8.25. The van der Waals surface area contributed by atoms with E-state index in [0.29, 0.717) is 12.2 Å². The van der Waals surface area contributed by atoms with Gasteiger partial charge in [-0.15, -0.1) is 0 Å². The third-order valence-corrected chi connectivity index (χ3v) is 4.83. The van der Waals surface area contributed by atoms with E-state index in [1.54, 1.807) is 19.1 Å². The Hall–Kier alpha value is -2.52. The highest BCUT2D eigenvalue weighted by Crippen LogP contribution is 2.31. The molecule has 5 nitrogen and oxygen atoms in total. The Balaban J connectivity index is 2.34. The second kappa shape index (κ2) is 7.16. The molecule has 0 aliphatic carbocycles. The molecule has 0 heterocycles. The standard InChI is InChI=1S/C19H21NO4S/c1-5-23-18-12-14(13-20)6-11-17(18)24-25(21,22)16-9-7-15(8-10-16)19(2,3)4/h6-12H,5H2,1-4H3. The number of nitrogens with zero attached hydrogens (tertiary/aromatic N) is 1. The van der Waals surface area contributed by atoms with E-state index in [-0.39, 0.29) is 21.8 Å². The summed E-state index contributed by atoms with van der Waals surface area (Å²) in [6, 6.07) is 12.9. The number of hydrogen-bond donors (Lipinski definition) is 0. The van der Waals surface area contributed by atoms with Crippen molar-refractivity contribution in [2.45, 2.75) is 38.0 Å². The lowest BCUT2D eigenvalue weighted by molar-refractivity contribution is 0.327. The maximum atomic E-state index is 12.5. The molecule has 0 atom stereocenters. The highest BCUT2D eigenvalue weighted by atomic mass is 32.2. The molecule has 2 rings (SSSR count). The molecule has 2 aromatic rings. The van der Waals surface area contributed by atoms with Gasteiger partial charge in [0.15, 0.2) is 11.5 Å². The molecule has 0 radical (unpaired) electrons. The smallest absolute Gasteiger partial charge is 0.339 e. The zero-order valence-corrected chi connectivity index (χ0v) is 15.6. The zero-order valence-electron chi connectivity index (χ0n) is 14.7. The first kappa shape index (κ1) is 18.8. The normalized spacial score (nSPS) is 11.6. The van der Waals surface area contributed by atoms with E-state index in [0.717, 1.165) is 5.56 Å². The first-order valence-corrected chi connectivity index (χ1v) is 9.30. The maximum absolute atomic E-state index is 12.5. The Kier molecular flexibility index (Phi) is 5.39. The van der Waals surface area contributed by atoms with Gasteiger partial charge >= 0.3 is 10.1 Å². The molecule has 6 heteroatoms. The van der Waals surface area contributed by atoms with Gasteiger partial charge in [0.05, 0.1) is 18.2 Å². The summed E-state index contributed by atoms with van der Waals surface area (Å²) in [5, 5.41) is 8.96. The Morgan fingerprint density at radius 3 is 2.20 bits per heavy atom. The molecule has 0 amide bonds. The van der Waals surface area contributed by atoms with Crippen molar-refractivity contribution in [1.29, 1.82) is 5.26 Å². The van der Waals surface area contributed by atoms with Crippen LogP contribution in [0.2, 0.25) is 0 Å². The van der Waals surface area contributed by atoms with E-state index >= 15 is 0 Å². The lowest BCUT2D eigenvalue weighted by Crippen LogP contribution is -2.13. The largest absolute Gasteiger partial charge is 0.490 e. The molecule has 0 bridgehead atoms. The molecular formula is C19H21NO4S. The number of nitriles is 1. The minimum Gasteiger partial charge on any atom is -0.490 e. The lowest BCUT2D eigenvalue weighted by atomic mass is 9.87. The summed E-state index contributed by atoms with van der Waals surface area (Å²) in [6.07, 6.45) is 0. The van der Waals surface area contributed by atoms with E-state index in [9.17, 15) is 8.42 Å². The zero-order chi connectivity index (χ0) is 18.7. The van der Waals surface area contributed by atoms with Crippen LogP contribution in [0, 0.1) is 11.3 Å². The summed E-state index contributed by atoms with van der Waals surface area (Å²) in [5.41, 5.74) is 1.32. The summed E-state index contributed by atoms with van der Waals surface area (Å²) in [7, 11) is -4.00. The summed E-state index contributed by atoms with van der Waals surface area (Å²) in [4.78, 5) is 0.0623. The van der Waals surface area contributed by atoms with Crippen molar-refractivity contribution in [1.82, 2.24) is 0 Å². The summed E-state index contributed by atoms with van der Waals surface area (Å²) < 4.78 is 35.7. The van der Waals surface area contributed by atoms with Crippen molar-refractivity contribution < 1.29 is 17.3 Å². The van der Waals surface area contributed by atoms with Crippen LogP contribution in [0.1, 0.15) is 38.8 Å². The molecule has 0 aliphatic heterocycles. The van der Waals surface area contributed by atoms with Crippen LogP contribution in [0.25, 0.3) is 0 Å². The fourth-order valence-electron chi connectivity index (χ4n) is 2.20. The minimum atomic E-state index is -4.00. The lowest BCUT2D eigenvalue weighted by Gasteiger charge is -2.19. The van der Waals surface area contributed by atoms with Crippen molar-refractivity contribution in [3.8, 4) is 17.6 Å². The fraction of sp³-hybridized carbons (Fsp3) is 0.316. The fourth-order valence-corrected chi connectivity index (χ4v) is 3.14. The second-order valence-corrected chi connectivity index (χ2v) is 8.06. The van der Waals surface area contributed by atoms with Crippen LogP contribution in [-0.2, 0) is 15.5 Å². The van der Waals surface area contributed by atoms with Gasteiger partial charge < -0.3 is 8.92 Å². The van der Waals surface area contributed by atoms with Gasteiger partial charge in [-0.2, -0.15) is 13.7 Å². The third-order valence-electron chi connectivity index (χ3n) is 3.58. The molecule has 0 aliphatic rings. The van der Waals surface area contributed by atoms with Gasteiger partial charge in [0.1, 0.15) is 4.90 Å². The third kappa shape index (κ3) is 4.52. The topological polar surface area (TPSA) is 76.4 Å². The molecule has 0 fully saturated rings. The molecule has 0 spiro atoms. The molecule has 132 valence electrons. The van der Waals surface area contributed by atoms with E-state index in [1.807, 2.05) is 6.07 Å². The quantitative estimate of drug-likeness (QED) is 0.754. The number of hydrogen-bond acceptors (Lipinski definition) is 5. The van der Waals surface area contributed by atoms with Gasteiger partial charge in [-0.3, -0.25) is 0 Å². The molecule has 25 heavy (non-hydrogen) atoms. The van der Waals surface area contributed by atoms with Gasteiger partial charge in [-0.25, -0.2) is 0 Å². The molecule has 0 saturated carbocycles. The van der Waals surface area contributed by atoms with Crippen molar-refractivity contribution in [2.75, 3.05) is 6.61 Å². The van der Waals surface area contributed by atoms with Gasteiger partial charge in [0.25, 0.3) is 0 Å². The van der Waals surface area contributed by atoms with Gasteiger partial charge in [0, 0.05) is 6.07 Å². The molecular weight excluding hydrogens is 338 g/mol. The number of ether oxygens (including phenoxy) is 1. The average Bonchev–Trinajstić information content (AvgIpc) is 2.56. The predicted octanol–water partition coefficient (Wildman–Crippen LogP) is 4.02. The number of rotatable bonds is 5. The van der Waals surface area contributed by atoms with Crippen molar-refractivity contribution in [3.63, 3.8) is 0 Å². The first-order chi connectivity index (χ1) is 11.7. The monoisotopic (exact) mass is 359 g/mol. The van der Waals surface area contributed by atoms with E-state index in [2.05, 4.69) is 20.8 Å². The summed E-state index contributed by atoms with van der Waals surface area (Å²) >= 11 is 0. The maximum Gasteiger partial charge on any atom is 0.339 e. The van der Waals surface area contributed by atoms with Crippen LogP contribution in [0.5, 0.6) is 11.5 Å². The Bertz CT molecular complexity index is 889. The van der Waals surface area contributed by atoms with Crippen molar-refractivity contribution in [3.05, 3.63) is 53.6 Å². The highest BCUT2D eigenvalue weighted by Gasteiger charge is 2.21. The minimum absolute atomic E-state index is 0.0562. The first-order valence-electron chi connectivity index (χ1n) is 7.89. The Morgan fingerprint density at radius 2 is 1.68 bits per heavy atom. The van der Waals surface area contributed by atoms with Crippen molar-refractivity contribution >= 4 is 10.1 Å². The predicted molar refractivity (Wildman–Crippen MR) is 95.3 cm³/mol. The SMILES string of the molecule is CCOc1cc(C#N)ccc1OS(=O)(=O)c1ccc(C(C)(C)C)cc1. The van der Waals surface area contributed by atoms with Crippen molar-refractivity contribution in [2.24, 2.45) is 0 Å². The van der Waals surface area contributed by atoms with Crippen LogP contribution in [0.4, 0.5) is 0 Å². The summed E-state index contributed by atoms with van der Waals surface area (Å²) in [5.74, 6) is 0.275. The molecule has 0 saturated heterocycles. The second-order valence-electron chi connectivity index (χ2n) is 6.52. The molecule has 0 N–H and O–H groups in total. The van der Waals surface area contributed by atoms with Gasteiger partial charge in [0.2, 0.25) is 0 Å². The van der Waals surface area contributed by atoms with Gasteiger partial charge in [-0.1, -0.05) is 32.9 Å². The van der Waals surface area contributed by atoms with Crippen LogP contribution >= 0.6 is 0 Å². The molecule has 2 aromatic carbocycles. The van der Waals surface area contributed by atoms with Crippen LogP contribution < -0.4 is 8.92 Å². The van der Waals surface area contributed by atoms with E-state index in [4.69, 9.17) is 14.2 Å². The van der Waals surface area contributed by atoms with E-state index < -0.39 is 10.1 Å². The Labute approximate surface area is 148 Å².